The number of carbonyl (C=O) groups is 1. The molecule has 4 rings (SSSR count). The maximum Gasteiger partial charge on any atom is 0.296 e. The highest BCUT2D eigenvalue weighted by molar-refractivity contribution is 7.92. The molecular weight excluding hydrogens is 515 g/mol. The van der Waals surface area contributed by atoms with Crippen molar-refractivity contribution in [1.29, 1.82) is 0 Å². The number of anilines is 1. The number of nitrogens with zero attached hydrogens (tertiary/aromatic N) is 2. The van der Waals surface area contributed by atoms with Crippen molar-refractivity contribution < 1.29 is 17.9 Å². The topological polar surface area (TPSA) is 111 Å². The third-order valence-electron chi connectivity index (χ3n) is 5.85. The zero-order chi connectivity index (χ0) is 25.3. The van der Waals surface area contributed by atoms with Gasteiger partial charge in [0.15, 0.2) is 0 Å². The van der Waals surface area contributed by atoms with Gasteiger partial charge in [0.1, 0.15) is 10.6 Å². The fraction of sp³-hybridized carbons (Fsp3) is 0.304. The monoisotopic (exact) mass is 538 g/mol. The van der Waals surface area contributed by atoms with Crippen molar-refractivity contribution in [2.24, 2.45) is 7.05 Å². The van der Waals surface area contributed by atoms with Crippen molar-refractivity contribution in [3.05, 3.63) is 74.1 Å². The highest BCUT2D eigenvalue weighted by Gasteiger charge is 2.27. The molecule has 1 aliphatic heterocycles. The van der Waals surface area contributed by atoms with Crippen LogP contribution in [0.5, 0.6) is 0 Å². The van der Waals surface area contributed by atoms with Crippen molar-refractivity contribution in [2.75, 3.05) is 17.9 Å². The second-order valence-corrected chi connectivity index (χ2v) is 10.6. The molecule has 0 bridgehead atoms. The standard InChI is InChI=1S/C23H24Cl2N4O5S/c1-14-21(23(31)29(28(14)2)16-7-4-3-5-8-16)27-35(32,33)19-12-15(11-18(24)20(19)25)22(30)26-13-17-9-6-10-34-17/h3-5,7-8,11-12,17,27H,6,9-10,13H2,1-2H3,(H,26,30)/t17-/m1/s1. The van der Waals surface area contributed by atoms with Crippen LogP contribution >= 0.6 is 23.2 Å². The first-order valence-corrected chi connectivity index (χ1v) is 13.1. The van der Waals surface area contributed by atoms with Gasteiger partial charge in [-0.3, -0.25) is 19.0 Å². The van der Waals surface area contributed by atoms with Crippen LogP contribution in [0.2, 0.25) is 10.0 Å². The van der Waals surface area contributed by atoms with E-state index in [1.807, 2.05) is 6.07 Å². The summed E-state index contributed by atoms with van der Waals surface area (Å²) in [4.78, 5) is 25.4. The minimum atomic E-state index is -4.38. The number of nitrogens with one attached hydrogen (secondary N) is 2. The predicted molar refractivity (Wildman–Crippen MR) is 134 cm³/mol. The molecular formula is C23H24Cl2N4O5S. The number of carbonyl (C=O) groups excluding carboxylic acids is 1. The Kier molecular flexibility index (Phi) is 7.27. The smallest absolute Gasteiger partial charge is 0.296 e. The third-order valence-corrected chi connectivity index (χ3v) is 8.14. The Morgan fingerprint density at radius 2 is 1.91 bits per heavy atom. The maximum absolute atomic E-state index is 13.3. The van der Waals surface area contributed by atoms with Crippen molar-refractivity contribution in [3.8, 4) is 5.69 Å². The molecule has 186 valence electrons. The second-order valence-electron chi connectivity index (χ2n) is 8.16. The molecule has 1 aromatic heterocycles. The number of para-hydroxylation sites is 1. The van der Waals surface area contributed by atoms with Crippen LogP contribution in [0.1, 0.15) is 28.9 Å². The first-order chi connectivity index (χ1) is 16.6. The fourth-order valence-corrected chi connectivity index (χ4v) is 5.81. The molecule has 0 unspecified atom stereocenters. The van der Waals surface area contributed by atoms with E-state index in [-0.39, 0.29) is 27.4 Å². The van der Waals surface area contributed by atoms with Crippen LogP contribution < -0.4 is 15.6 Å². The van der Waals surface area contributed by atoms with Crippen molar-refractivity contribution in [2.45, 2.75) is 30.8 Å². The Balaban J connectivity index is 1.66. The quantitative estimate of drug-likeness (QED) is 0.478. The average Bonchev–Trinajstić information content (AvgIpc) is 3.42. The van der Waals surface area contributed by atoms with E-state index in [9.17, 15) is 18.0 Å². The number of amides is 1. The van der Waals surface area contributed by atoms with Gasteiger partial charge < -0.3 is 10.1 Å². The van der Waals surface area contributed by atoms with Gasteiger partial charge in [-0.1, -0.05) is 41.4 Å². The molecule has 1 amide bonds. The van der Waals surface area contributed by atoms with Gasteiger partial charge in [-0.15, -0.1) is 0 Å². The second kappa shape index (κ2) is 10.1. The molecule has 0 saturated carbocycles. The van der Waals surface area contributed by atoms with Gasteiger partial charge >= 0.3 is 0 Å². The summed E-state index contributed by atoms with van der Waals surface area (Å²) >= 11 is 12.4. The van der Waals surface area contributed by atoms with Crippen LogP contribution in [0.25, 0.3) is 5.69 Å². The zero-order valence-corrected chi connectivity index (χ0v) is 21.4. The van der Waals surface area contributed by atoms with Crippen LogP contribution in [-0.4, -0.2) is 42.9 Å². The summed E-state index contributed by atoms with van der Waals surface area (Å²) in [6.45, 7) is 2.55. The van der Waals surface area contributed by atoms with E-state index < -0.39 is 26.4 Å². The van der Waals surface area contributed by atoms with Crippen LogP contribution in [-0.2, 0) is 21.8 Å². The number of benzene rings is 2. The van der Waals surface area contributed by atoms with Gasteiger partial charge in [0.05, 0.1) is 27.5 Å². The summed E-state index contributed by atoms with van der Waals surface area (Å²) in [6.07, 6.45) is 1.67. The maximum atomic E-state index is 13.3. The molecule has 0 aliphatic carbocycles. The lowest BCUT2D eigenvalue weighted by atomic mass is 10.2. The molecule has 12 heteroatoms. The molecule has 1 fully saturated rings. The van der Waals surface area contributed by atoms with Crippen molar-refractivity contribution in [1.82, 2.24) is 14.7 Å². The number of aromatic nitrogens is 2. The summed E-state index contributed by atoms with van der Waals surface area (Å²) < 4.78 is 37.3. The Bertz CT molecular complexity index is 1430. The summed E-state index contributed by atoms with van der Waals surface area (Å²) in [5, 5.41) is 2.36. The minimum absolute atomic E-state index is 0.0178. The predicted octanol–water partition coefficient (Wildman–Crippen LogP) is 3.50. The van der Waals surface area contributed by atoms with Gasteiger partial charge in [0.25, 0.3) is 21.5 Å². The van der Waals surface area contributed by atoms with Gasteiger partial charge in [-0.25, -0.2) is 13.1 Å². The number of rotatable bonds is 7. The number of hydrogen-bond donors (Lipinski definition) is 2. The van der Waals surface area contributed by atoms with E-state index in [1.165, 1.54) is 10.7 Å². The minimum Gasteiger partial charge on any atom is -0.376 e. The molecule has 2 aromatic carbocycles. The Hall–Kier alpha value is -2.79. The highest BCUT2D eigenvalue weighted by Crippen LogP contribution is 2.32. The first-order valence-electron chi connectivity index (χ1n) is 10.9. The lowest BCUT2D eigenvalue weighted by molar-refractivity contribution is 0.0857. The summed E-state index contributed by atoms with van der Waals surface area (Å²) in [5.74, 6) is -0.516. The van der Waals surface area contributed by atoms with E-state index in [0.29, 0.717) is 24.5 Å². The molecule has 9 nitrogen and oxygen atoms in total. The number of ether oxygens (including phenoxy) is 1. The average molecular weight is 539 g/mol. The normalized spacial score (nSPS) is 15.8. The summed E-state index contributed by atoms with van der Waals surface area (Å²) in [7, 11) is -2.74. The van der Waals surface area contributed by atoms with Crippen LogP contribution in [0.15, 0.2) is 52.2 Å². The lowest BCUT2D eigenvalue weighted by Crippen LogP contribution is -2.32. The fourth-order valence-electron chi connectivity index (χ4n) is 3.88. The van der Waals surface area contributed by atoms with Crippen LogP contribution in [0.4, 0.5) is 5.69 Å². The van der Waals surface area contributed by atoms with Crippen LogP contribution in [0, 0.1) is 6.92 Å². The van der Waals surface area contributed by atoms with E-state index >= 15 is 0 Å². The molecule has 0 radical (unpaired) electrons. The molecule has 2 N–H and O–H groups in total. The van der Waals surface area contributed by atoms with Crippen molar-refractivity contribution >= 4 is 44.8 Å². The SMILES string of the molecule is Cc1c(NS(=O)(=O)c2cc(C(=O)NC[C@H]3CCCO3)cc(Cl)c2Cl)c(=O)n(-c2ccccc2)n1C. The lowest BCUT2D eigenvalue weighted by Gasteiger charge is -2.13. The third kappa shape index (κ3) is 5.11. The first kappa shape index (κ1) is 25.3. The highest BCUT2D eigenvalue weighted by atomic mass is 35.5. The number of halogens is 2. The van der Waals surface area contributed by atoms with E-state index in [0.717, 1.165) is 18.9 Å². The Morgan fingerprint density at radius 1 is 1.20 bits per heavy atom. The summed E-state index contributed by atoms with van der Waals surface area (Å²) in [6, 6.07) is 11.2. The van der Waals surface area contributed by atoms with Crippen molar-refractivity contribution in [3.63, 3.8) is 0 Å². The molecule has 1 aliphatic rings. The molecule has 3 aromatic rings. The zero-order valence-electron chi connectivity index (χ0n) is 19.0. The summed E-state index contributed by atoms with van der Waals surface area (Å²) in [5.41, 5.74) is 0.267. The molecule has 1 atom stereocenters. The number of hydrogen-bond acceptors (Lipinski definition) is 5. The number of sulfonamides is 1. The van der Waals surface area contributed by atoms with E-state index in [2.05, 4.69) is 10.0 Å². The van der Waals surface area contributed by atoms with E-state index in [4.69, 9.17) is 27.9 Å². The molecule has 0 spiro atoms. The molecule has 35 heavy (non-hydrogen) atoms. The van der Waals surface area contributed by atoms with E-state index in [1.54, 1.807) is 42.9 Å². The molecule has 2 heterocycles. The van der Waals surface area contributed by atoms with Gasteiger partial charge in [-0.2, -0.15) is 0 Å². The Morgan fingerprint density at radius 3 is 2.57 bits per heavy atom. The van der Waals surface area contributed by atoms with Gasteiger partial charge in [0, 0.05) is 25.8 Å². The molecule has 1 saturated heterocycles. The van der Waals surface area contributed by atoms with Gasteiger partial charge in [-0.05, 0) is 44.0 Å². The largest absolute Gasteiger partial charge is 0.376 e. The van der Waals surface area contributed by atoms with Crippen LogP contribution in [0.3, 0.4) is 0 Å². The Labute approximate surface area is 212 Å². The van der Waals surface area contributed by atoms with Gasteiger partial charge in [0.2, 0.25) is 0 Å².